The number of H-pyrrole nitrogens is 1. The summed E-state index contributed by atoms with van der Waals surface area (Å²) in [6.45, 7) is 1.68. The molecule has 0 amide bonds. The molecule has 3 heterocycles. The molecule has 0 atom stereocenters. The fraction of sp³-hybridized carbons (Fsp3) is 0.0625. The molecule has 24 heavy (non-hydrogen) atoms. The minimum absolute atomic E-state index is 0. The van der Waals surface area contributed by atoms with E-state index in [2.05, 4.69) is 15.1 Å². The van der Waals surface area contributed by atoms with Gasteiger partial charge in [-0.25, -0.2) is 13.8 Å². The summed E-state index contributed by atoms with van der Waals surface area (Å²) in [5.74, 6) is -1.56. The molecule has 0 bridgehead atoms. The average Bonchev–Trinajstić information content (AvgIpc) is 2.87. The third kappa shape index (κ3) is 2.16. The van der Waals surface area contributed by atoms with Crippen molar-refractivity contribution in [2.24, 2.45) is 0 Å². The van der Waals surface area contributed by atoms with Crippen LogP contribution in [0.15, 0.2) is 41.3 Å². The lowest BCUT2D eigenvalue weighted by atomic mass is 10.1. The minimum Gasteiger partial charge on any atom is -0.412 e. The predicted molar refractivity (Wildman–Crippen MR) is 85.3 cm³/mol. The van der Waals surface area contributed by atoms with Gasteiger partial charge in [0.05, 0.1) is 16.6 Å². The molecule has 0 radical (unpaired) electrons. The van der Waals surface area contributed by atoms with Crippen molar-refractivity contribution < 1.29 is 14.3 Å². The Morgan fingerprint density at radius 1 is 1.17 bits per heavy atom. The van der Waals surface area contributed by atoms with E-state index in [4.69, 9.17) is 0 Å². The van der Waals surface area contributed by atoms with E-state index in [1.807, 2.05) is 0 Å². The molecule has 122 valence electrons. The van der Waals surface area contributed by atoms with Crippen molar-refractivity contribution in [3.63, 3.8) is 0 Å². The van der Waals surface area contributed by atoms with E-state index >= 15 is 0 Å². The first-order chi connectivity index (χ1) is 11.1. The van der Waals surface area contributed by atoms with Crippen LogP contribution >= 0.6 is 0 Å². The molecule has 8 heteroatoms. The van der Waals surface area contributed by atoms with Crippen LogP contribution in [0.5, 0.6) is 0 Å². The van der Waals surface area contributed by atoms with Gasteiger partial charge in [0.1, 0.15) is 5.65 Å². The van der Waals surface area contributed by atoms with Gasteiger partial charge in [0.15, 0.2) is 17.5 Å². The molecule has 1 aromatic carbocycles. The van der Waals surface area contributed by atoms with Crippen LogP contribution in [0.1, 0.15) is 5.69 Å². The molecular formula is C16H12F2N4O2. The Hall–Kier alpha value is -3.13. The predicted octanol–water partition coefficient (Wildman–Crippen LogP) is 2.02. The normalized spacial score (nSPS) is 11.0. The Morgan fingerprint density at radius 3 is 2.62 bits per heavy atom. The fourth-order valence-corrected chi connectivity index (χ4v) is 2.66. The molecule has 4 rings (SSSR count). The van der Waals surface area contributed by atoms with Crippen molar-refractivity contribution in [3.05, 3.63) is 64.1 Å². The highest BCUT2D eigenvalue weighted by molar-refractivity contribution is 5.92. The topological polar surface area (TPSA) is 95.1 Å². The lowest BCUT2D eigenvalue weighted by molar-refractivity contribution is 0.510. The summed E-state index contributed by atoms with van der Waals surface area (Å²) in [7, 11) is 0. The second-order valence-corrected chi connectivity index (χ2v) is 5.17. The first-order valence-electron chi connectivity index (χ1n) is 6.88. The molecule has 3 N–H and O–H groups in total. The molecule has 6 nitrogen and oxygen atoms in total. The van der Waals surface area contributed by atoms with Crippen molar-refractivity contribution in [1.29, 1.82) is 0 Å². The fourth-order valence-electron chi connectivity index (χ4n) is 2.66. The van der Waals surface area contributed by atoms with Gasteiger partial charge < -0.3 is 10.5 Å². The third-order valence-electron chi connectivity index (χ3n) is 3.71. The number of fused-ring (bicyclic) bond motifs is 2. The van der Waals surface area contributed by atoms with Crippen LogP contribution in [0.3, 0.4) is 0 Å². The number of aromatic nitrogens is 4. The monoisotopic (exact) mass is 330 g/mol. The smallest absolute Gasteiger partial charge is 0.200 e. The summed E-state index contributed by atoms with van der Waals surface area (Å²) in [5, 5.41) is 4.74. The lowest BCUT2D eigenvalue weighted by Crippen LogP contribution is -2.07. The summed E-state index contributed by atoms with van der Waals surface area (Å²) in [6, 6.07) is 7.16. The molecule has 0 saturated heterocycles. The van der Waals surface area contributed by atoms with Gasteiger partial charge in [-0.3, -0.25) is 4.79 Å². The Balaban J connectivity index is 0.00000169. The second kappa shape index (κ2) is 5.50. The maximum Gasteiger partial charge on any atom is 0.200 e. The van der Waals surface area contributed by atoms with Crippen molar-refractivity contribution >= 4 is 21.9 Å². The van der Waals surface area contributed by atoms with Gasteiger partial charge in [0, 0.05) is 17.6 Å². The van der Waals surface area contributed by atoms with Crippen molar-refractivity contribution in [2.75, 3.05) is 0 Å². The van der Waals surface area contributed by atoms with Gasteiger partial charge in [-0.05, 0) is 25.1 Å². The number of aryl methyl sites for hydroxylation is 1. The number of hydrogen-bond donors (Lipinski definition) is 1. The van der Waals surface area contributed by atoms with Crippen LogP contribution in [-0.2, 0) is 0 Å². The summed E-state index contributed by atoms with van der Waals surface area (Å²) >= 11 is 0. The Morgan fingerprint density at radius 2 is 1.92 bits per heavy atom. The molecule has 0 unspecified atom stereocenters. The third-order valence-corrected chi connectivity index (χ3v) is 3.71. The molecule has 3 aromatic heterocycles. The summed E-state index contributed by atoms with van der Waals surface area (Å²) in [5.41, 5.74) is 0.689. The molecule has 0 aliphatic heterocycles. The van der Waals surface area contributed by atoms with E-state index in [0.29, 0.717) is 22.5 Å². The number of aromatic amines is 1. The van der Waals surface area contributed by atoms with E-state index < -0.39 is 17.1 Å². The number of halogens is 2. The van der Waals surface area contributed by atoms with Gasteiger partial charge in [-0.2, -0.15) is 9.78 Å². The zero-order chi connectivity index (χ0) is 16.1. The number of rotatable bonds is 1. The molecule has 0 aliphatic carbocycles. The summed E-state index contributed by atoms with van der Waals surface area (Å²) in [6.07, 6.45) is 1.60. The van der Waals surface area contributed by atoms with Gasteiger partial charge in [0.2, 0.25) is 5.43 Å². The highest BCUT2D eigenvalue weighted by Crippen LogP contribution is 2.21. The Labute approximate surface area is 133 Å². The first kappa shape index (κ1) is 15.8. The maximum absolute atomic E-state index is 13.5. The molecule has 4 aromatic rings. The number of nitrogens with zero attached hydrogens (tertiary/aromatic N) is 3. The second-order valence-electron chi connectivity index (χ2n) is 5.17. The molecular weight excluding hydrogens is 318 g/mol. The zero-order valence-electron chi connectivity index (χ0n) is 12.5. The van der Waals surface area contributed by atoms with E-state index in [-0.39, 0.29) is 16.4 Å². The van der Waals surface area contributed by atoms with E-state index in [1.165, 1.54) is 4.68 Å². The molecule has 0 spiro atoms. The highest BCUT2D eigenvalue weighted by Gasteiger charge is 2.17. The van der Waals surface area contributed by atoms with Gasteiger partial charge in [0.25, 0.3) is 0 Å². The van der Waals surface area contributed by atoms with Gasteiger partial charge in [-0.15, -0.1) is 0 Å². The van der Waals surface area contributed by atoms with Crippen LogP contribution in [0, 0.1) is 18.6 Å². The van der Waals surface area contributed by atoms with Gasteiger partial charge in [-0.1, -0.05) is 6.07 Å². The van der Waals surface area contributed by atoms with Crippen LogP contribution in [0.4, 0.5) is 8.78 Å². The number of nitrogens with one attached hydrogen (secondary N) is 1. The van der Waals surface area contributed by atoms with E-state index in [0.717, 1.165) is 12.1 Å². The van der Waals surface area contributed by atoms with Crippen molar-refractivity contribution in [2.45, 2.75) is 6.92 Å². The Bertz CT molecular complexity index is 1120. The highest BCUT2D eigenvalue weighted by atomic mass is 19.2. The average molecular weight is 330 g/mol. The lowest BCUT2D eigenvalue weighted by Gasteiger charge is -2.04. The first-order valence-corrected chi connectivity index (χ1v) is 6.88. The number of pyridine rings is 2. The number of benzene rings is 1. The molecule has 0 fully saturated rings. The maximum atomic E-state index is 13.5. The summed E-state index contributed by atoms with van der Waals surface area (Å²) in [4.78, 5) is 19.8. The quantitative estimate of drug-likeness (QED) is 0.578. The van der Waals surface area contributed by atoms with Crippen LogP contribution < -0.4 is 5.43 Å². The number of hydrogen-bond acceptors (Lipinski definition) is 3. The van der Waals surface area contributed by atoms with Crippen LogP contribution in [-0.4, -0.2) is 25.2 Å². The van der Waals surface area contributed by atoms with Crippen molar-refractivity contribution in [3.8, 4) is 5.82 Å². The largest absolute Gasteiger partial charge is 0.412 e. The molecule has 0 aliphatic rings. The van der Waals surface area contributed by atoms with Crippen molar-refractivity contribution in [1.82, 2.24) is 19.7 Å². The zero-order valence-corrected chi connectivity index (χ0v) is 12.5. The van der Waals surface area contributed by atoms with E-state index in [1.54, 1.807) is 31.3 Å². The van der Waals surface area contributed by atoms with Crippen LogP contribution in [0.2, 0.25) is 0 Å². The SMILES string of the molecule is Cc1nn(-c2ccccn2)c2[nH]c3cc(F)c(F)cc3c(=O)c12.O. The van der Waals surface area contributed by atoms with Crippen LogP contribution in [0.25, 0.3) is 27.8 Å². The molecule has 0 saturated carbocycles. The van der Waals surface area contributed by atoms with Gasteiger partial charge >= 0.3 is 0 Å². The Kier molecular flexibility index (Phi) is 3.61. The van der Waals surface area contributed by atoms with E-state index in [9.17, 15) is 13.6 Å². The standard InChI is InChI=1S/C16H10F2N4O.H2O/c1-8-14-15(23)9-6-10(17)11(18)7-12(9)20-16(14)22(21-8)13-4-2-3-5-19-13;/h2-7H,1H3,(H,20,23);1H2. The summed E-state index contributed by atoms with van der Waals surface area (Å²) < 4.78 is 28.4. The minimum atomic E-state index is -1.06.